The highest BCUT2D eigenvalue weighted by molar-refractivity contribution is 5.85. The van der Waals surface area contributed by atoms with Crippen LogP contribution in [-0.4, -0.2) is 37.0 Å². The summed E-state index contributed by atoms with van der Waals surface area (Å²) in [6.07, 6.45) is 0.376. The first-order valence-corrected chi connectivity index (χ1v) is 6.41. The van der Waals surface area contributed by atoms with Crippen molar-refractivity contribution in [3.05, 3.63) is 35.6 Å². The van der Waals surface area contributed by atoms with Crippen LogP contribution in [0.2, 0.25) is 0 Å². The van der Waals surface area contributed by atoms with Crippen molar-refractivity contribution in [1.29, 1.82) is 0 Å². The fourth-order valence-electron chi connectivity index (χ4n) is 2.29. The molecular weight excluding hydrogens is 267 g/mol. The zero-order chi connectivity index (χ0) is 13.0. The molecule has 0 aromatic heterocycles. The summed E-state index contributed by atoms with van der Waals surface area (Å²) < 4.78 is 13.6. The number of hydrogen-bond acceptors (Lipinski definition) is 2. The Bertz CT molecular complexity index is 422. The highest BCUT2D eigenvalue weighted by Crippen LogP contribution is 2.22. The Kier molecular flexibility index (Phi) is 6.25. The molecule has 1 N–H and O–H groups in total. The summed E-state index contributed by atoms with van der Waals surface area (Å²) in [4.78, 5) is 13.9. The van der Waals surface area contributed by atoms with Gasteiger partial charge in [-0.1, -0.05) is 25.1 Å². The first kappa shape index (κ1) is 15.9. The number of carbonyl (C=O) groups excluding carboxylic acids is 1. The fourth-order valence-corrected chi connectivity index (χ4v) is 2.29. The zero-order valence-electron chi connectivity index (χ0n) is 11.1. The lowest BCUT2D eigenvalue weighted by Crippen LogP contribution is -2.46. The van der Waals surface area contributed by atoms with Gasteiger partial charge in [0.1, 0.15) is 5.82 Å². The third-order valence-corrected chi connectivity index (χ3v) is 3.39. The van der Waals surface area contributed by atoms with Crippen molar-refractivity contribution < 1.29 is 9.18 Å². The monoisotopic (exact) mass is 286 g/mol. The predicted octanol–water partition coefficient (Wildman–Crippen LogP) is 2.17. The standard InChI is InChI=1S/C14H19FN2O.ClH/c1-11(12-4-2-3-5-13(12)15)10-14(18)17-8-6-16-7-9-17;/h2-5,11,16H,6-10H2,1H3;1H. The average Bonchev–Trinajstić information content (AvgIpc) is 2.40. The second kappa shape index (κ2) is 7.46. The van der Waals surface area contributed by atoms with Crippen molar-refractivity contribution in [3.8, 4) is 0 Å². The van der Waals surface area contributed by atoms with Gasteiger partial charge in [0, 0.05) is 32.6 Å². The van der Waals surface area contributed by atoms with Gasteiger partial charge in [-0.2, -0.15) is 0 Å². The third-order valence-electron chi connectivity index (χ3n) is 3.39. The van der Waals surface area contributed by atoms with Crippen LogP contribution in [0.1, 0.15) is 24.8 Å². The van der Waals surface area contributed by atoms with E-state index in [2.05, 4.69) is 5.32 Å². The number of rotatable bonds is 3. The number of hydrogen-bond donors (Lipinski definition) is 1. The molecule has 19 heavy (non-hydrogen) atoms. The number of nitrogens with zero attached hydrogens (tertiary/aromatic N) is 1. The lowest BCUT2D eigenvalue weighted by atomic mass is 9.96. The van der Waals surface area contributed by atoms with Crippen molar-refractivity contribution >= 4 is 18.3 Å². The Hall–Kier alpha value is -1.13. The van der Waals surface area contributed by atoms with E-state index in [1.807, 2.05) is 17.9 Å². The van der Waals surface area contributed by atoms with Crippen LogP contribution in [-0.2, 0) is 4.79 Å². The number of nitrogens with one attached hydrogen (secondary N) is 1. The van der Waals surface area contributed by atoms with Crippen LogP contribution in [0.3, 0.4) is 0 Å². The van der Waals surface area contributed by atoms with Crippen LogP contribution in [0.5, 0.6) is 0 Å². The molecule has 2 rings (SSSR count). The van der Waals surface area contributed by atoms with Crippen molar-refractivity contribution in [2.45, 2.75) is 19.3 Å². The molecular formula is C14H20ClFN2O. The highest BCUT2D eigenvalue weighted by Gasteiger charge is 2.20. The normalized spacial score (nSPS) is 16.6. The molecule has 1 aromatic carbocycles. The molecule has 1 aliphatic heterocycles. The number of halogens is 2. The number of carbonyl (C=O) groups is 1. The van der Waals surface area contributed by atoms with Gasteiger partial charge in [-0.05, 0) is 17.5 Å². The van der Waals surface area contributed by atoms with Gasteiger partial charge in [-0.15, -0.1) is 12.4 Å². The fraction of sp³-hybridized carbons (Fsp3) is 0.500. The summed E-state index contributed by atoms with van der Waals surface area (Å²) >= 11 is 0. The summed E-state index contributed by atoms with van der Waals surface area (Å²) in [6.45, 7) is 5.10. The Labute approximate surface area is 119 Å². The van der Waals surface area contributed by atoms with Gasteiger partial charge in [0.15, 0.2) is 0 Å². The molecule has 0 bridgehead atoms. The Morgan fingerprint density at radius 2 is 2.00 bits per heavy atom. The second-order valence-electron chi connectivity index (χ2n) is 4.76. The molecule has 1 fully saturated rings. The molecule has 1 aliphatic rings. The molecule has 1 aromatic rings. The lowest BCUT2D eigenvalue weighted by Gasteiger charge is -2.28. The maximum atomic E-state index is 13.6. The van der Waals surface area contributed by atoms with Gasteiger partial charge in [-0.25, -0.2) is 4.39 Å². The molecule has 1 atom stereocenters. The predicted molar refractivity (Wildman–Crippen MR) is 76.1 cm³/mol. The molecule has 1 heterocycles. The van der Waals surface area contributed by atoms with E-state index >= 15 is 0 Å². The van der Waals surface area contributed by atoms with Gasteiger partial charge in [0.25, 0.3) is 0 Å². The maximum Gasteiger partial charge on any atom is 0.223 e. The topological polar surface area (TPSA) is 32.3 Å². The Morgan fingerprint density at radius 1 is 1.37 bits per heavy atom. The SMILES string of the molecule is CC(CC(=O)N1CCNCC1)c1ccccc1F.Cl. The molecule has 0 saturated carbocycles. The summed E-state index contributed by atoms with van der Waals surface area (Å²) in [5.74, 6) is -0.182. The largest absolute Gasteiger partial charge is 0.340 e. The van der Waals surface area contributed by atoms with Crippen LogP contribution in [0.4, 0.5) is 4.39 Å². The van der Waals surface area contributed by atoms with E-state index in [0.29, 0.717) is 12.0 Å². The molecule has 106 valence electrons. The number of piperazine rings is 1. The highest BCUT2D eigenvalue weighted by atomic mass is 35.5. The Balaban J connectivity index is 0.00000180. The summed E-state index contributed by atoms with van der Waals surface area (Å²) in [5, 5.41) is 3.21. The van der Waals surface area contributed by atoms with Crippen molar-refractivity contribution in [2.24, 2.45) is 0 Å². The quantitative estimate of drug-likeness (QED) is 0.924. The van der Waals surface area contributed by atoms with E-state index in [0.717, 1.165) is 26.2 Å². The van der Waals surface area contributed by atoms with E-state index in [9.17, 15) is 9.18 Å². The minimum absolute atomic E-state index is 0. The molecule has 1 amide bonds. The zero-order valence-corrected chi connectivity index (χ0v) is 11.9. The number of benzene rings is 1. The smallest absolute Gasteiger partial charge is 0.223 e. The van der Waals surface area contributed by atoms with Crippen LogP contribution in [0.15, 0.2) is 24.3 Å². The van der Waals surface area contributed by atoms with Crippen LogP contribution < -0.4 is 5.32 Å². The summed E-state index contributed by atoms with van der Waals surface area (Å²) in [6, 6.07) is 6.68. The van der Waals surface area contributed by atoms with E-state index in [1.165, 1.54) is 6.07 Å². The molecule has 3 nitrogen and oxygen atoms in total. The second-order valence-corrected chi connectivity index (χ2v) is 4.76. The van der Waals surface area contributed by atoms with Gasteiger partial charge in [0.05, 0.1) is 0 Å². The van der Waals surface area contributed by atoms with Gasteiger partial charge in [-0.3, -0.25) is 4.79 Å². The van der Waals surface area contributed by atoms with Gasteiger partial charge >= 0.3 is 0 Å². The van der Waals surface area contributed by atoms with Gasteiger partial charge < -0.3 is 10.2 Å². The minimum Gasteiger partial charge on any atom is -0.340 e. The van der Waals surface area contributed by atoms with E-state index < -0.39 is 0 Å². The Morgan fingerprint density at radius 3 is 2.63 bits per heavy atom. The van der Waals surface area contributed by atoms with E-state index in [4.69, 9.17) is 0 Å². The molecule has 0 aliphatic carbocycles. The van der Waals surface area contributed by atoms with E-state index in [1.54, 1.807) is 12.1 Å². The summed E-state index contributed by atoms with van der Waals surface area (Å²) in [7, 11) is 0. The summed E-state index contributed by atoms with van der Waals surface area (Å²) in [5.41, 5.74) is 0.626. The minimum atomic E-state index is -0.224. The first-order chi connectivity index (χ1) is 8.68. The van der Waals surface area contributed by atoms with Crippen LogP contribution in [0.25, 0.3) is 0 Å². The third kappa shape index (κ3) is 4.18. The van der Waals surface area contributed by atoms with Crippen LogP contribution >= 0.6 is 12.4 Å². The van der Waals surface area contributed by atoms with Crippen molar-refractivity contribution in [3.63, 3.8) is 0 Å². The molecule has 0 radical (unpaired) electrons. The van der Waals surface area contributed by atoms with Crippen LogP contribution in [0, 0.1) is 5.82 Å². The number of amides is 1. The maximum absolute atomic E-state index is 13.6. The lowest BCUT2D eigenvalue weighted by molar-refractivity contribution is -0.132. The molecule has 1 saturated heterocycles. The van der Waals surface area contributed by atoms with E-state index in [-0.39, 0.29) is 30.0 Å². The van der Waals surface area contributed by atoms with Crippen molar-refractivity contribution in [2.75, 3.05) is 26.2 Å². The molecule has 0 spiro atoms. The molecule has 5 heteroatoms. The molecule has 1 unspecified atom stereocenters. The first-order valence-electron chi connectivity index (χ1n) is 6.41. The van der Waals surface area contributed by atoms with Crippen molar-refractivity contribution in [1.82, 2.24) is 10.2 Å². The van der Waals surface area contributed by atoms with Gasteiger partial charge in [0.2, 0.25) is 5.91 Å². The average molecular weight is 287 g/mol.